The van der Waals surface area contributed by atoms with Crippen LogP contribution in [-0.4, -0.2) is 62.6 Å². The van der Waals surface area contributed by atoms with E-state index in [1.54, 1.807) is 0 Å². The topological polar surface area (TPSA) is 210 Å². The van der Waals surface area contributed by atoms with E-state index in [2.05, 4.69) is 0 Å². The first-order chi connectivity index (χ1) is 13.3. The van der Waals surface area contributed by atoms with Gasteiger partial charge in [-0.05, 0) is 31.2 Å². The number of hydrogen-bond donors (Lipinski definition) is 7. The number of nitrogens with two attached hydrogens (primary N) is 3. The average Bonchev–Trinajstić information content (AvgIpc) is 2.62. The Morgan fingerprint density at radius 1 is 0.828 bits per heavy atom. The molecule has 10 heteroatoms. The van der Waals surface area contributed by atoms with E-state index in [-0.39, 0.29) is 0 Å². The Hall–Kier alpha value is -2.53. The molecule has 0 aliphatic carbocycles. The van der Waals surface area contributed by atoms with Gasteiger partial charge in [-0.25, -0.2) is 0 Å². The molecule has 0 aromatic heterocycles. The van der Waals surface area contributed by atoms with Crippen LogP contribution in [0.5, 0.6) is 0 Å². The van der Waals surface area contributed by atoms with Gasteiger partial charge in [0.25, 0.3) is 0 Å². The normalized spacial score (nSPS) is 14.2. The summed E-state index contributed by atoms with van der Waals surface area (Å²) in [5.74, 6) is -2.70. The highest BCUT2D eigenvalue weighted by molar-refractivity contribution is 5.74. The van der Waals surface area contributed by atoms with Crippen molar-refractivity contribution in [2.24, 2.45) is 23.1 Å². The number of carbonyl (C=O) groups is 3. The average molecular weight is 415 g/mol. The molecule has 0 saturated heterocycles. The van der Waals surface area contributed by atoms with E-state index in [4.69, 9.17) is 37.6 Å². The molecule has 10 N–H and O–H groups in total. The monoisotopic (exact) mass is 415 g/mol. The number of carboxylic acid groups (broad SMARTS) is 3. The maximum Gasteiger partial charge on any atom is 0.323 e. The number of benzene rings is 1. The Balaban J connectivity index is 0. The third-order valence-corrected chi connectivity index (χ3v) is 3.46. The van der Waals surface area contributed by atoms with Crippen LogP contribution >= 0.6 is 0 Å². The minimum atomic E-state index is -1.18. The molecule has 0 fully saturated rings. The fourth-order valence-electron chi connectivity index (χ4n) is 1.77. The molecule has 1 rings (SSSR count). The molecule has 0 aliphatic rings. The van der Waals surface area contributed by atoms with Gasteiger partial charge in [0.2, 0.25) is 0 Å². The molecule has 0 heterocycles. The molecule has 0 bridgehead atoms. The van der Waals surface area contributed by atoms with Crippen molar-refractivity contribution < 1.29 is 34.8 Å². The van der Waals surface area contributed by atoms with Crippen molar-refractivity contribution >= 4 is 17.9 Å². The van der Waals surface area contributed by atoms with Crippen molar-refractivity contribution in [3.8, 4) is 0 Å². The lowest BCUT2D eigenvalue weighted by molar-refractivity contribution is -0.141. The Bertz CT molecular complexity index is 609. The predicted octanol–water partition coefficient (Wildman–Crippen LogP) is -0.135. The fourth-order valence-corrected chi connectivity index (χ4v) is 1.77. The Morgan fingerprint density at radius 3 is 1.52 bits per heavy atom. The lowest BCUT2D eigenvalue weighted by Crippen LogP contribution is -2.39. The Labute approximate surface area is 170 Å². The number of carboxylic acids is 3. The van der Waals surface area contributed by atoms with Crippen molar-refractivity contribution in [2.45, 2.75) is 57.8 Å². The largest absolute Gasteiger partial charge is 0.480 e. The molecule has 10 nitrogen and oxygen atoms in total. The SMILES string of the molecule is CC(C)C[C@H](N)C(=O)O.C[C@@H](O)[C@H](N)C(=O)O.N[C@@H](Cc1ccccc1)C(=O)O. The van der Waals surface area contributed by atoms with Crippen molar-refractivity contribution in [1.29, 1.82) is 0 Å². The molecule has 0 saturated carbocycles. The highest BCUT2D eigenvalue weighted by Crippen LogP contribution is 2.02. The van der Waals surface area contributed by atoms with E-state index < -0.39 is 42.1 Å². The summed E-state index contributed by atoms with van der Waals surface area (Å²) in [6, 6.07) is 6.70. The second-order valence-corrected chi connectivity index (χ2v) is 6.81. The van der Waals surface area contributed by atoms with Crippen molar-refractivity contribution in [1.82, 2.24) is 0 Å². The molecular formula is C19H33N3O7. The first-order valence-corrected chi connectivity index (χ1v) is 8.96. The quantitative estimate of drug-likeness (QED) is 0.299. The van der Waals surface area contributed by atoms with Gasteiger partial charge in [-0.15, -0.1) is 0 Å². The maximum atomic E-state index is 10.4. The van der Waals surface area contributed by atoms with Crippen LogP contribution in [0.15, 0.2) is 30.3 Å². The summed E-state index contributed by atoms with van der Waals surface area (Å²) in [6.07, 6.45) is -0.0431. The van der Waals surface area contributed by atoms with Crippen molar-refractivity contribution in [2.75, 3.05) is 0 Å². The third kappa shape index (κ3) is 16.2. The summed E-state index contributed by atoms with van der Waals surface area (Å²) in [5.41, 5.74) is 16.4. The van der Waals surface area contributed by atoms with Gasteiger partial charge >= 0.3 is 17.9 Å². The standard InChI is InChI=1S/C9H11NO2.C6H13NO2.C4H9NO3/c10-8(9(11)12)6-7-4-2-1-3-5-7;1-4(2)3-5(7)6(8)9;1-2(6)3(5)4(7)8/h1-5,8H,6,10H2,(H,11,12);4-5H,3,7H2,1-2H3,(H,8,9);2-3,6H,5H2,1H3,(H,7,8)/t8-;5-;2-,3+/m001/s1. The van der Waals surface area contributed by atoms with Crippen LogP contribution < -0.4 is 17.2 Å². The van der Waals surface area contributed by atoms with Gasteiger partial charge in [-0.3, -0.25) is 14.4 Å². The van der Waals surface area contributed by atoms with Crippen molar-refractivity contribution in [3.63, 3.8) is 0 Å². The molecule has 29 heavy (non-hydrogen) atoms. The smallest absolute Gasteiger partial charge is 0.323 e. The molecule has 4 atom stereocenters. The molecule has 0 spiro atoms. The number of aliphatic hydroxyl groups excluding tert-OH is 1. The van der Waals surface area contributed by atoms with E-state index in [0.29, 0.717) is 18.8 Å². The van der Waals surface area contributed by atoms with E-state index in [0.717, 1.165) is 5.56 Å². The third-order valence-electron chi connectivity index (χ3n) is 3.46. The lowest BCUT2D eigenvalue weighted by atomic mass is 10.1. The zero-order valence-electron chi connectivity index (χ0n) is 16.9. The summed E-state index contributed by atoms with van der Waals surface area (Å²) in [4.78, 5) is 30.3. The number of rotatable bonds is 8. The highest BCUT2D eigenvalue weighted by Gasteiger charge is 2.16. The van der Waals surface area contributed by atoms with Crippen LogP contribution in [0.1, 0.15) is 32.8 Å². The number of hydrogen-bond acceptors (Lipinski definition) is 7. The summed E-state index contributed by atoms with van der Waals surface area (Å²) in [6.45, 7) is 5.23. The van der Waals surface area contributed by atoms with Crippen LogP contribution in [0.3, 0.4) is 0 Å². The minimum absolute atomic E-state index is 0.357. The summed E-state index contributed by atoms with van der Waals surface area (Å²) < 4.78 is 0. The first kappa shape index (κ1) is 28.7. The fraction of sp³-hybridized carbons (Fsp3) is 0.526. The van der Waals surface area contributed by atoms with Gasteiger partial charge in [0.15, 0.2) is 0 Å². The van der Waals surface area contributed by atoms with Gasteiger partial charge in [0.05, 0.1) is 6.10 Å². The summed E-state index contributed by atoms with van der Waals surface area (Å²) in [7, 11) is 0. The second-order valence-electron chi connectivity index (χ2n) is 6.81. The predicted molar refractivity (Wildman–Crippen MR) is 108 cm³/mol. The van der Waals surface area contributed by atoms with Gasteiger partial charge in [0.1, 0.15) is 18.1 Å². The molecule has 0 unspecified atom stereocenters. The van der Waals surface area contributed by atoms with E-state index in [9.17, 15) is 14.4 Å². The molecule has 1 aromatic rings. The molecule has 0 amide bonds. The summed E-state index contributed by atoms with van der Waals surface area (Å²) >= 11 is 0. The van der Waals surface area contributed by atoms with Gasteiger partial charge in [-0.1, -0.05) is 44.2 Å². The number of aliphatic hydroxyl groups is 1. The zero-order chi connectivity index (χ0) is 23.1. The number of aliphatic carboxylic acids is 3. The molecule has 0 aliphatic heterocycles. The van der Waals surface area contributed by atoms with Crippen LogP contribution in [0.2, 0.25) is 0 Å². The van der Waals surface area contributed by atoms with Crippen LogP contribution in [0.25, 0.3) is 0 Å². The van der Waals surface area contributed by atoms with Gasteiger partial charge < -0.3 is 37.6 Å². The maximum absolute atomic E-state index is 10.4. The van der Waals surface area contributed by atoms with Crippen molar-refractivity contribution in [3.05, 3.63) is 35.9 Å². The Kier molecular flexibility index (Phi) is 15.2. The van der Waals surface area contributed by atoms with E-state index in [1.807, 2.05) is 44.2 Å². The van der Waals surface area contributed by atoms with Gasteiger partial charge in [0, 0.05) is 0 Å². The second kappa shape index (κ2) is 15.4. The van der Waals surface area contributed by atoms with Gasteiger partial charge in [-0.2, -0.15) is 0 Å². The lowest BCUT2D eigenvalue weighted by Gasteiger charge is -2.07. The molecule has 166 valence electrons. The van der Waals surface area contributed by atoms with E-state index >= 15 is 0 Å². The van der Waals surface area contributed by atoms with Crippen LogP contribution in [0.4, 0.5) is 0 Å². The highest BCUT2D eigenvalue weighted by atomic mass is 16.4. The molecule has 0 radical (unpaired) electrons. The van der Waals surface area contributed by atoms with E-state index in [1.165, 1.54) is 6.92 Å². The van der Waals surface area contributed by atoms with Crippen LogP contribution in [-0.2, 0) is 20.8 Å². The molecular weight excluding hydrogens is 382 g/mol. The zero-order valence-corrected chi connectivity index (χ0v) is 16.9. The minimum Gasteiger partial charge on any atom is -0.480 e. The Morgan fingerprint density at radius 2 is 1.28 bits per heavy atom. The first-order valence-electron chi connectivity index (χ1n) is 8.96. The van der Waals surface area contributed by atoms with Crippen LogP contribution in [0, 0.1) is 5.92 Å². The molecule has 1 aromatic carbocycles. The summed E-state index contributed by atoms with van der Waals surface area (Å²) in [5, 5.41) is 33.4.